The summed E-state index contributed by atoms with van der Waals surface area (Å²) in [7, 11) is 0.108. The largest absolute Gasteiger partial charge is 0.491 e. The highest BCUT2D eigenvalue weighted by Gasteiger charge is 2.39. The van der Waals surface area contributed by atoms with E-state index in [9.17, 15) is 9.00 Å². The van der Waals surface area contributed by atoms with Crippen molar-refractivity contribution in [3.8, 4) is 11.6 Å². The van der Waals surface area contributed by atoms with Crippen molar-refractivity contribution in [2.24, 2.45) is 17.8 Å². The standard InChI is InChI=1S/C38H46ClN3O4S/c1-5-7-26-18-31(39)13-15-32(26)30-22-42-21-29-10-14-34(29)33(28-12-17-37(45-4)40-20-28)9-6-8-24(2)25(3)47(44)41-38(43)27-11-16-36(46-23-30)35(42)19-27/h6,9,11-13,15-20,24-25,29-30,33-34H,5,7-8,10,14,21-23H2,1-4H3,(H,41,43)/b9-6+. The highest BCUT2D eigenvalue weighted by molar-refractivity contribution is 7.84. The molecule has 2 bridgehead atoms. The van der Waals surface area contributed by atoms with Crippen LogP contribution in [0.15, 0.2) is 66.9 Å². The van der Waals surface area contributed by atoms with Gasteiger partial charge in [0.25, 0.3) is 5.91 Å². The Morgan fingerprint density at radius 1 is 1.11 bits per heavy atom. The first-order valence-corrected chi connectivity index (χ1v) is 18.5. The van der Waals surface area contributed by atoms with Crippen LogP contribution in [0.4, 0.5) is 5.69 Å². The molecule has 1 amide bonds. The molecule has 2 aromatic carbocycles. The van der Waals surface area contributed by atoms with E-state index in [2.05, 4.69) is 58.8 Å². The molecular weight excluding hydrogens is 630 g/mol. The maximum absolute atomic E-state index is 13.4. The van der Waals surface area contributed by atoms with Crippen molar-refractivity contribution in [1.82, 2.24) is 9.71 Å². The molecule has 1 N–H and O–H groups in total. The van der Waals surface area contributed by atoms with Gasteiger partial charge >= 0.3 is 0 Å². The van der Waals surface area contributed by atoms with Gasteiger partial charge in [0.1, 0.15) is 16.7 Å². The van der Waals surface area contributed by atoms with E-state index in [0.29, 0.717) is 29.9 Å². The molecule has 6 rings (SSSR count). The molecule has 3 aromatic rings. The van der Waals surface area contributed by atoms with Gasteiger partial charge in [0, 0.05) is 47.8 Å². The molecular formula is C38H46ClN3O4S. The second-order valence-electron chi connectivity index (χ2n) is 13.4. The van der Waals surface area contributed by atoms with E-state index >= 15 is 0 Å². The minimum Gasteiger partial charge on any atom is -0.491 e. The number of aryl methyl sites for hydroxylation is 1. The third-order valence-electron chi connectivity index (χ3n) is 10.4. The number of amides is 1. The summed E-state index contributed by atoms with van der Waals surface area (Å²) in [6.45, 7) is 8.36. The molecule has 3 aliphatic rings. The van der Waals surface area contributed by atoms with Crippen LogP contribution in [0.5, 0.6) is 11.6 Å². The molecule has 7 nitrogen and oxygen atoms in total. The predicted octanol–water partition coefficient (Wildman–Crippen LogP) is 7.87. The van der Waals surface area contributed by atoms with Gasteiger partial charge in [-0.3, -0.25) is 9.52 Å². The summed E-state index contributed by atoms with van der Waals surface area (Å²) in [4.78, 5) is 20.4. The monoisotopic (exact) mass is 675 g/mol. The third-order valence-corrected chi connectivity index (χ3v) is 12.2. The molecule has 3 heterocycles. The summed E-state index contributed by atoms with van der Waals surface area (Å²) in [5.74, 6) is 2.36. The van der Waals surface area contributed by atoms with Gasteiger partial charge in [0.2, 0.25) is 5.88 Å². The van der Waals surface area contributed by atoms with Crippen LogP contribution in [0.25, 0.3) is 0 Å². The number of ether oxygens (including phenoxy) is 2. The van der Waals surface area contributed by atoms with Gasteiger partial charge in [-0.2, -0.15) is 0 Å². The number of benzene rings is 2. The fourth-order valence-corrected chi connectivity index (χ4v) is 8.54. The second-order valence-corrected chi connectivity index (χ2v) is 15.4. The number of carbonyl (C=O) groups is 1. The van der Waals surface area contributed by atoms with E-state index in [1.54, 1.807) is 13.2 Å². The number of nitrogens with one attached hydrogen (secondary N) is 1. The summed E-state index contributed by atoms with van der Waals surface area (Å²) in [5, 5.41) is 0.536. The van der Waals surface area contributed by atoms with Gasteiger partial charge in [0.15, 0.2) is 0 Å². The van der Waals surface area contributed by atoms with Crippen LogP contribution >= 0.6 is 11.6 Å². The lowest BCUT2D eigenvalue weighted by Crippen LogP contribution is -2.42. The van der Waals surface area contributed by atoms with E-state index in [0.717, 1.165) is 61.7 Å². The maximum Gasteiger partial charge on any atom is 0.263 e. The van der Waals surface area contributed by atoms with Crippen LogP contribution in [-0.2, 0) is 17.4 Å². The number of pyridine rings is 1. The highest BCUT2D eigenvalue weighted by Crippen LogP contribution is 2.47. The Hall–Kier alpha value is -3.36. The number of allylic oxidation sites excluding steroid dienone is 2. The number of nitrogens with zero attached hydrogens (tertiary/aromatic N) is 2. The molecule has 1 aliphatic carbocycles. The number of aromatic nitrogens is 1. The van der Waals surface area contributed by atoms with Crippen LogP contribution < -0.4 is 19.1 Å². The first-order valence-electron chi connectivity index (χ1n) is 16.9. The lowest BCUT2D eigenvalue weighted by Gasteiger charge is -2.44. The van der Waals surface area contributed by atoms with E-state index in [1.807, 2.05) is 37.4 Å². The molecule has 1 fully saturated rings. The van der Waals surface area contributed by atoms with E-state index < -0.39 is 11.0 Å². The van der Waals surface area contributed by atoms with Crippen molar-refractivity contribution in [3.63, 3.8) is 0 Å². The highest BCUT2D eigenvalue weighted by atomic mass is 35.5. The van der Waals surface area contributed by atoms with Gasteiger partial charge < -0.3 is 14.4 Å². The smallest absolute Gasteiger partial charge is 0.263 e. The number of rotatable bonds is 5. The second kappa shape index (κ2) is 14.8. The van der Waals surface area contributed by atoms with Crippen molar-refractivity contribution < 1.29 is 18.5 Å². The minimum atomic E-state index is -1.53. The molecule has 2 aliphatic heterocycles. The molecule has 0 radical (unpaired) electrons. The lowest BCUT2D eigenvalue weighted by molar-refractivity contribution is 0.0982. The van der Waals surface area contributed by atoms with Crippen molar-refractivity contribution in [2.75, 3.05) is 31.7 Å². The van der Waals surface area contributed by atoms with Crippen LogP contribution in [0.3, 0.4) is 0 Å². The Bertz CT molecular complexity index is 1630. The number of hydrogen-bond donors (Lipinski definition) is 1. The Balaban J connectivity index is 1.40. The van der Waals surface area contributed by atoms with E-state index in [1.165, 1.54) is 16.7 Å². The quantitative estimate of drug-likeness (QED) is 0.277. The van der Waals surface area contributed by atoms with E-state index in [4.69, 9.17) is 21.1 Å². The SMILES string of the molecule is CCCc1cc(Cl)ccc1C1COc2ccc3cc2N(C1)CC1CCC1C(c1ccc(OC)nc1)/C=C/CC(C)C(C)S(=O)NC3=O. The zero-order chi connectivity index (χ0) is 33.1. The number of halogens is 1. The van der Waals surface area contributed by atoms with Crippen LogP contribution in [0.1, 0.15) is 85.3 Å². The number of anilines is 1. The first kappa shape index (κ1) is 33.5. The molecule has 1 aromatic heterocycles. The molecule has 47 heavy (non-hydrogen) atoms. The van der Waals surface area contributed by atoms with Crippen LogP contribution in [-0.4, -0.2) is 47.2 Å². The van der Waals surface area contributed by atoms with Gasteiger partial charge in [-0.25, -0.2) is 9.19 Å². The fourth-order valence-electron chi connectivity index (χ4n) is 7.33. The van der Waals surface area contributed by atoms with Gasteiger partial charge in [-0.05, 0) is 97.4 Å². The molecule has 9 heteroatoms. The minimum absolute atomic E-state index is 0.116. The molecule has 7 atom stereocenters. The lowest BCUT2D eigenvalue weighted by atomic mass is 9.65. The molecule has 0 spiro atoms. The van der Waals surface area contributed by atoms with Crippen molar-refractivity contribution in [2.45, 2.75) is 70.0 Å². The van der Waals surface area contributed by atoms with E-state index in [-0.39, 0.29) is 28.9 Å². The summed E-state index contributed by atoms with van der Waals surface area (Å²) >= 11 is 6.46. The molecule has 0 saturated heterocycles. The van der Waals surface area contributed by atoms with Crippen LogP contribution in [0.2, 0.25) is 5.02 Å². The van der Waals surface area contributed by atoms with Crippen LogP contribution in [0, 0.1) is 17.8 Å². The summed E-state index contributed by atoms with van der Waals surface area (Å²) in [6.07, 6.45) is 11.5. The Labute approximate surface area is 286 Å². The average Bonchev–Trinajstić information content (AvgIpc) is 3.24. The summed E-state index contributed by atoms with van der Waals surface area (Å²) in [6, 6.07) is 15.9. The van der Waals surface area contributed by atoms with Crippen molar-refractivity contribution >= 4 is 34.2 Å². The molecule has 250 valence electrons. The molecule has 1 saturated carbocycles. The van der Waals surface area contributed by atoms with Crippen molar-refractivity contribution in [1.29, 1.82) is 0 Å². The average molecular weight is 676 g/mol. The van der Waals surface area contributed by atoms with Gasteiger partial charge in [-0.1, -0.05) is 56.2 Å². The topological polar surface area (TPSA) is 80.8 Å². The normalized spacial score (nSPS) is 28.6. The number of fused-ring (bicyclic) bond motifs is 2. The predicted molar refractivity (Wildman–Crippen MR) is 190 cm³/mol. The zero-order valence-corrected chi connectivity index (χ0v) is 29.4. The van der Waals surface area contributed by atoms with Crippen molar-refractivity contribution in [3.05, 3.63) is 94.2 Å². The Morgan fingerprint density at radius 3 is 2.68 bits per heavy atom. The fraction of sp³-hybridized carbons (Fsp3) is 0.474. The first-order chi connectivity index (χ1) is 22.7. The zero-order valence-electron chi connectivity index (χ0n) is 27.8. The van der Waals surface area contributed by atoms with Gasteiger partial charge in [-0.15, -0.1) is 0 Å². The Kier molecular flexibility index (Phi) is 10.6. The number of methoxy groups -OCH3 is 1. The molecule has 7 unspecified atom stereocenters. The summed E-state index contributed by atoms with van der Waals surface area (Å²) < 4.78 is 28.0. The van der Waals surface area contributed by atoms with Gasteiger partial charge in [0.05, 0.1) is 24.7 Å². The summed E-state index contributed by atoms with van der Waals surface area (Å²) in [5.41, 5.74) is 5.11. The third kappa shape index (κ3) is 7.39. The number of hydrogen-bond acceptors (Lipinski definition) is 6. The number of carbonyl (C=O) groups excluding carboxylic acids is 1. The maximum atomic E-state index is 13.4. The Morgan fingerprint density at radius 2 is 1.96 bits per heavy atom.